The van der Waals surface area contributed by atoms with Crippen molar-refractivity contribution < 1.29 is 14.3 Å². The fourth-order valence-electron chi connectivity index (χ4n) is 1.53. The Bertz CT molecular complexity index is 203. The highest BCUT2D eigenvalue weighted by molar-refractivity contribution is 5.85. The van der Waals surface area contributed by atoms with Crippen molar-refractivity contribution >= 4 is 18.3 Å². The molecule has 0 aromatic rings. The molecule has 0 aromatic carbocycles. The summed E-state index contributed by atoms with van der Waals surface area (Å²) >= 11 is 0. The van der Waals surface area contributed by atoms with Gasteiger partial charge < -0.3 is 20.5 Å². The van der Waals surface area contributed by atoms with Gasteiger partial charge in [-0.25, -0.2) is 0 Å². The molecular weight excluding hydrogens is 256 g/mol. The summed E-state index contributed by atoms with van der Waals surface area (Å²) in [5.41, 5.74) is 5.40. The molecule has 0 heterocycles. The Morgan fingerprint density at radius 3 is 2.17 bits per heavy atom. The van der Waals surface area contributed by atoms with Gasteiger partial charge in [0.15, 0.2) is 0 Å². The molecule has 0 aromatic heterocycles. The lowest BCUT2D eigenvalue weighted by molar-refractivity contribution is -0.128. The average molecular weight is 283 g/mol. The van der Waals surface area contributed by atoms with Crippen LogP contribution in [0.4, 0.5) is 0 Å². The summed E-state index contributed by atoms with van der Waals surface area (Å²) in [6, 6.07) is 0. The highest BCUT2D eigenvalue weighted by Crippen LogP contribution is 2.12. The van der Waals surface area contributed by atoms with E-state index in [-0.39, 0.29) is 30.5 Å². The quantitative estimate of drug-likeness (QED) is 0.589. The van der Waals surface area contributed by atoms with Crippen LogP contribution in [0.25, 0.3) is 0 Å². The van der Waals surface area contributed by atoms with Gasteiger partial charge in [-0.2, -0.15) is 0 Å². The zero-order chi connectivity index (χ0) is 13.1. The fourth-order valence-corrected chi connectivity index (χ4v) is 1.53. The van der Waals surface area contributed by atoms with Gasteiger partial charge in [-0.05, 0) is 19.8 Å². The summed E-state index contributed by atoms with van der Waals surface area (Å²) in [5.74, 6) is -0.115. The molecule has 18 heavy (non-hydrogen) atoms. The highest BCUT2D eigenvalue weighted by atomic mass is 35.5. The van der Waals surface area contributed by atoms with E-state index in [1.807, 2.05) is 20.8 Å². The van der Waals surface area contributed by atoms with Crippen molar-refractivity contribution in [3.63, 3.8) is 0 Å². The molecule has 0 bridgehead atoms. The SMILES string of the molecule is CCOCCOCC(=O)NC(CC)(CC)CN.Cl. The Morgan fingerprint density at radius 1 is 1.17 bits per heavy atom. The van der Waals surface area contributed by atoms with E-state index in [2.05, 4.69) is 5.32 Å². The van der Waals surface area contributed by atoms with Crippen LogP contribution in [0.2, 0.25) is 0 Å². The number of carbonyl (C=O) groups excluding carboxylic acids is 1. The van der Waals surface area contributed by atoms with E-state index in [1.165, 1.54) is 0 Å². The van der Waals surface area contributed by atoms with Gasteiger partial charge in [0.05, 0.1) is 18.8 Å². The van der Waals surface area contributed by atoms with E-state index in [0.717, 1.165) is 12.8 Å². The Labute approximate surface area is 116 Å². The minimum atomic E-state index is -0.291. The predicted molar refractivity (Wildman–Crippen MR) is 75.1 cm³/mol. The largest absolute Gasteiger partial charge is 0.379 e. The molecule has 0 rings (SSSR count). The third kappa shape index (κ3) is 7.87. The zero-order valence-electron chi connectivity index (χ0n) is 11.7. The molecule has 3 N–H and O–H groups in total. The Morgan fingerprint density at radius 2 is 1.72 bits per heavy atom. The van der Waals surface area contributed by atoms with Crippen molar-refractivity contribution in [1.82, 2.24) is 5.32 Å². The fraction of sp³-hybridized carbons (Fsp3) is 0.917. The van der Waals surface area contributed by atoms with Gasteiger partial charge in [0.1, 0.15) is 6.61 Å². The van der Waals surface area contributed by atoms with Crippen LogP contribution in [0.1, 0.15) is 33.6 Å². The Hall–Kier alpha value is -0.360. The molecule has 0 radical (unpaired) electrons. The van der Waals surface area contributed by atoms with E-state index in [4.69, 9.17) is 15.2 Å². The molecule has 0 unspecified atom stereocenters. The standard InChI is InChI=1S/C12H26N2O3.ClH/c1-4-12(5-2,10-13)14-11(15)9-17-8-7-16-6-3;/h4-10,13H2,1-3H3,(H,14,15);1H. The molecule has 6 heteroatoms. The summed E-state index contributed by atoms with van der Waals surface area (Å²) in [4.78, 5) is 11.6. The molecule has 0 aliphatic rings. The Kier molecular flexibility index (Phi) is 13.0. The summed E-state index contributed by atoms with van der Waals surface area (Å²) in [5, 5.41) is 2.94. The van der Waals surface area contributed by atoms with Crippen LogP contribution in [0.5, 0.6) is 0 Å². The van der Waals surface area contributed by atoms with Gasteiger partial charge >= 0.3 is 0 Å². The lowest BCUT2D eigenvalue weighted by Crippen LogP contribution is -2.53. The number of hydrogen-bond donors (Lipinski definition) is 2. The van der Waals surface area contributed by atoms with Gasteiger partial charge in [0, 0.05) is 13.2 Å². The third-order valence-corrected chi connectivity index (χ3v) is 2.96. The summed E-state index contributed by atoms with van der Waals surface area (Å²) in [6.45, 7) is 8.10. The van der Waals surface area contributed by atoms with Gasteiger partial charge in [-0.1, -0.05) is 13.8 Å². The number of nitrogens with two attached hydrogens (primary N) is 1. The van der Waals surface area contributed by atoms with Gasteiger partial charge in [-0.3, -0.25) is 4.79 Å². The average Bonchev–Trinajstić information content (AvgIpc) is 2.36. The number of ether oxygens (including phenoxy) is 2. The van der Waals surface area contributed by atoms with Gasteiger partial charge in [-0.15, -0.1) is 12.4 Å². The van der Waals surface area contributed by atoms with E-state index < -0.39 is 0 Å². The maximum absolute atomic E-state index is 11.6. The van der Waals surface area contributed by atoms with Gasteiger partial charge in [0.2, 0.25) is 5.91 Å². The second-order valence-electron chi connectivity index (χ2n) is 3.99. The number of carbonyl (C=O) groups is 1. The van der Waals surface area contributed by atoms with E-state index in [9.17, 15) is 4.79 Å². The summed E-state index contributed by atoms with van der Waals surface area (Å²) < 4.78 is 10.3. The molecule has 0 saturated carbocycles. The Balaban J connectivity index is 0. The van der Waals surface area contributed by atoms with Crippen molar-refractivity contribution in [2.24, 2.45) is 5.73 Å². The molecule has 0 fully saturated rings. The molecule has 110 valence electrons. The van der Waals surface area contributed by atoms with Crippen molar-refractivity contribution in [2.75, 3.05) is 33.0 Å². The summed E-state index contributed by atoms with van der Waals surface area (Å²) in [7, 11) is 0. The molecule has 1 amide bonds. The van der Waals surface area contributed by atoms with Crippen molar-refractivity contribution in [1.29, 1.82) is 0 Å². The summed E-state index contributed by atoms with van der Waals surface area (Å²) in [6.07, 6.45) is 1.65. The first-order chi connectivity index (χ1) is 8.14. The minimum Gasteiger partial charge on any atom is -0.379 e. The van der Waals surface area contributed by atoms with Crippen LogP contribution >= 0.6 is 12.4 Å². The van der Waals surface area contributed by atoms with Crippen LogP contribution < -0.4 is 11.1 Å². The van der Waals surface area contributed by atoms with Crippen LogP contribution in [-0.2, 0) is 14.3 Å². The molecule has 0 aliphatic heterocycles. The lowest BCUT2D eigenvalue weighted by Gasteiger charge is -2.31. The first kappa shape index (κ1) is 20.0. The molecular formula is C12H27ClN2O3. The monoisotopic (exact) mass is 282 g/mol. The van der Waals surface area contributed by atoms with Crippen LogP contribution in [-0.4, -0.2) is 44.4 Å². The van der Waals surface area contributed by atoms with E-state index in [1.54, 1.807) is 0 Å². The molecule has 0 atom stereocenters. The maximum Gasteiger partial charge on any atom is 0.246 e. The van der Waals surface area contributed by atoms with E-state index in [0.29, 0.717) is 26.4 Å². The lowest BCUT2D eigenvalue weighted by atomic mass is 9.93. The van der Waals surface area contributed by atoms with E-state index >= 15 is 0 Å². The number of hydrogen-bond acceptors (Lipinski definition) is 4. The molecule has 5 nitrogen and oxygen atoms in total. The van der Waals surface area contributed by atoms with Crippen LogP contribution in [0.15, 0.2) is 0 Å². The second kappa shape index (κ2) is 11.7. The molecule has 0 spiro atoms. The number of nitrogens with one attached hydrogen (secondary N) is 1. The van der Waals surface area contributed by atoms with Crippen LogP contribution in [0.3, 0.4) is 0 Å². The number of halogens is 1. The number of amides is 1. The van der Waals surface area contributed by atoms with Crippen molar-refractivity contribution in [3.05, 3.63) is 0 Å². The van der Waals surface area contributed by atoms with Crippen molar-refractivity contribution in [3.8, 4) is 0 Å². The first-order valence-electron chi connectivity index (χ1n) is 6.30. The maximum atomic E-state index is 11.6. The second-order valence-corrected chi connectivity index (χ2v) is 3.99. The normalized spacial score (nSPS) is 10.9. The van der Waals surface area contributed by atoms with Crippen LogP contribution in [0, 0.1) is 0 Å². The topological polar surface area (TPSA) is 73.6 Å². The third-order valence-electron chi connectivity index (χ3n) is 2.96. The zero-order valence-corrected chi connectivity index (χ0v) is 12.5. The first-order valence-corrected chi connectivity index (χ1v) is 6.30. The highest BCUT2D eigenvalue weighted by Gasteiger charge is 2.25. The molecule has 0 aliphatic carbocycles. The number of rotatable bonds is 10. The van der Waals surface area contributed by atoms with Gasteiger partial charge in [0.25, 0.3) is 0 Å². The van der Waals surface area contributed by atoms with Crippen molar-refractivity contribution in [2.45, 2.75) is 39.2 Å². The molecule has 0 saturated heterocycles. The predicted octanol–water partition coefficient (Wildman–Crippen LogP) is 1.09. The smallest absolute Gasteiger partial charge is 0.246 e. The minimum absolute atomic E-state index is 0.